The number of likely N-dealkylation sites (tertiary alicyclic amines) is 1. The zero-order chi connectivity index (χ0) is 11.4. The molecule has 2 heteroatoms. The molecule has 0 bridgehead atoms. The average Bonchev–Trinajstić information content (AvgIpc) is 2.62. The van der Waals surface area contributed by atoms with Crippen LogP contribution in [0, 0.1) is 0 Å². The molecule has 0 aromatic heterocycles. The van der Waals surface area contributed by atoms with E-state index in [-0.39, 0.29) is 0 Å². The van der Waals surface area contributed by atoms with Crippen LogP contribution < -0.4 is 4.74 Å². The van der Waals surface area contributed by atoms with Crippen molar-refractivity contribution in [2.24, 2.45) is 0 Å². The Labute approximate surface area is 98.2 Å². The number of hydrogen-bond donors (Lipinski definition) is 0. The highest BCUT2D eigenvalue weighted by molar-refractivity contribution is 5.20. The summed E-state index contributed by atoms with van der Waals surface area (Å²) in [5, 5.41) is 0. The molecule has 0 saturated carbocycles. The van der Waals surface area contributed by atoms with Gasteiger partial charge in [0.1, 0.15) is 12.4 Å². The van der Waals surface area contributed by atoms with Crippen LogP contribution in [0.25, 0.3) is 0 Å². The lowest BCUT2D eigenvalue weighted by atomic mass is 10.2. The lowest BCUT2D eigenvalue weighted by Gasteiger charge is -2.25. The van der Waals surface area contributed by atoms with Crippen LogP contribution in [0.3, 0.4) is 0 Å². The van der Waals surface area contributed by atoms with Gasteiger partial charge in [0.2, 0.25) is 0 Å². The van der Waals surface area contributed by atoms with Gasteiger partial charge in [0, 0.05) is 18.6 Å². The fourth-order valence-corrected chi connectivity index (χ4v) is 2.47. The van der Waals surface area contributed by atoms with E-state index in [1.807, 2.05) is 30.3 Å². The van der Waals surface area contributed by atoms with E-state index < -0.39 is 0 Å². The molecule has 0 unspecified atom stereocenters. The highest BCUT2D eigenvalue weighted by atomic mass is 16.5. The Hall–Kier alpha value is -1.02. The van der Waals surface area contributed by atoms with Gasteiger partial charge in [-0.25, -0.2) is 0 Å². The van der Waals surface area contributed by atoms with Crippen molar-refractivity contribution in [3.8, 4) is 5.75 Å². The first-order valence-corrected chi connectivity index (χ1v) is 6.21. The van der Waals surface area contributed by atoms with Gasteiger partial charge in [-0.1, -0.05) is 18.2 Å². The minimum Gasteiger partial charge on any atom is -0.492 e. The van der Waals surface area contributed by atoms with E-state index in [9.17, 15) is 0 Å². The molecular formula is C14H21NO. The molecule has 0 aliphatic carbocycles. The Kier molecular flexibility index (Phi) is 3.83. The first kappa shape index (κ1) is 11.5. The molecule has 1 saturated heterocycles. The smallest absolute Gasteiger partial charge is 0.119 e. The second-order valence-electron chi connectivity index (χ2n) is 4.67. The third-order valence-electron chi connectivity index (χ3n) is 3.50. The van der Waals surface area contributed by atoms with Gasteiger partial charge in [-0.05, 0) is 38.8 Å². The summed E-state index contributed by atoms with van der Waals surface area (Å²) in [4.78, 5) is 2.54. The van der Waals surface area contributed by atoms with Crippen molar-refractivity contribution in [3.05, 3.63) is 30.3 Å². The quantitative estimate of drug-likeness (QED) is 0.772. The fraction of sp³-hybridized carbons (Fsp3) is 0.571. The van der Waals surface area contributed by atoms with E-state index >= 15 is 0 Å². The Morgan fingerprint density at radius 2 is 1.75 bits per heavy atom. The van der Waals surface area contributed by atoms with Gasteiger partial charge >= 0.3 is 0 Å². The summed E-state index contributed by atoms with van der Waals surface area (Å²) in [6.45, 7) is 6.45. The molecule has 1 aromatic rings. The van der Waals surface area contributed by atoms with Crippen molar-refractivity contribution in [3.63, 3.8) is 0 Å². The van der Waals surface area contributed by atoms with Gasteiger partial charge in [0.15, 0.2) is 0 Å². The normalized spacial score (nSPS) is 25.9. The molecule has 88 valence electrons. The van der Waals surface area contributed by atoms with E-state index in [1.54, 1.807) is 0 Å². The highest BCUT2D eigenvalue weighted by Gasteiger charge is 2.26. The molecule has 1 heterocycles. The first-order chi connectivity index (χ1) is 7.77. The van der Waals surface area contributed by atoms with Gasteiger partial charge in [-0.2, -0.15) is 0 Å². The van der Waals surface area contributed by atoms with Crippen LogP contribution in [-0.2, 0) is 0 Å². The number of rotatable bonds is 4. The Bertz CT molecular complexity index is 302. The minimum absolute atomic E-state index is 0.717. The molecule has 0 spiro atoms. The average molecular weight is 219 g/mol. The monoisotopic (exact) mass is 219 g/mol. The van der Waals surface area contributed by atoms with E-state index in [0.29, 0.717) is 0 Å². The summed E-state index contributed by atoms with van der Waals surface area (Å²) in [5.74, 6) is 0.974. The summed E-state index contributed by atoms with van der Waals surface area (Å²) in [5.41, 5.74) is 0. The summed E-state index contributed by atoms with van der Waals surface area (Å²) in [7, 11) is 0. The number of benzene rings is 1. The zero-order valence-corrected chi connectivity index (χ0v) is 10.2. The molecule has 0 N–H and O–H groups in total. The SMILES string of the molecule is C[C@H]1CC[C@H](C)N1CCOc1ccccc1. The van der Waals surface area contributed by atoms with E-state index in [0.717, 1.165) is 31.0 Å². The van der Waals surface area contributed by atoms with E-state index in [2.05, 4.69) is 18.7 Å². The molecule has 16 heavy (non-hydrogen) atoms. The van der Waals surface area contributed by atoms with Crippen LogP contribution in [0.2, 0.25) is 0 Å². The number of nitrogens with zero attached hydrogens (tertiary/aromatic N) is 1. The maximum atomic E-state index is 5.72. The van der Waals surface area contributed by atoms with Crippen LogP contribution in [0.15, 0.2) is 30.3 Å². The van der Waals surface area contributed by atoms with Crippen molar-refractivity contribution in [2.75, 3.05) is 13.2 Å². The highest BCUT2D eigenvalue weighted by Crippen LogP contribution is 2.22. The Balaban J connectivity index is 1.76. The fourth-order valence-electron chi connectivity index (χ4n) is 2.47. The molecule has 1 aromatic carbocycles. The Morgan fingerprint density at radius 3 is 2.38 bits per heavy atom. The second kappa shape index (κ2) is 5.35. The molecule has 0 radical (unpaired) electrons. The van der Waals surface area contributed by atoms with Crippen LogP contribution in [0.5, 0.6) is 5.75 Å². The van der Waals surface area contributed by atoms with Gasteiger partial charge in [0.25, 0.3) is 0 Å². The molecule has 2 atom stereocenters. The maximum Gasteiger partial charge on any atom is 0.119 e. The predicted molar refractivity (Wildman–Crippen MR) is 66.8 cm³/mol. The third-order valence-corrected chi connectivity index (χ3v) is 3.50. The first-order valence-electron chi connectivity index (χ1n) is 6.21. The van der Waals surface area contributed by atoms with Gasteiger partial charge in [-0.15, -0.1) is 0 Å². The predicted octanol–water partition coefficient (Wildman–Crippen LogP) is 2.94. The van der Waals surface area contributed by atoms with Crippen LogP contribution in [-0.4, -0.2) is 30.1 Å². The van der Waals surface area contributed by atoms with Gasteiger partial charge < -0.3 is 4.74 Å². The number of ether oxygens (including phenoxy) is 1. The maximum absolute atomic E-state index is 5.72. The molecule has 2 nitrogen and oxygen atoms in total. The molecule has 1 aliphatic heterocycles. The summed E-state index contributed by atoms with van der Waals surface area (Å²) < 4.78 is 5.72. The minimum atomic E-state index is 0.717. The number of para-hydroxylation sites is 1. The summed E-state index contributed by atoms with van der Waals surface area (Å²) in [6, 6.07) is 11.5. The van der Waals surface area contributed by atoms with Crippen molar-refractivity contribution in [1.82, 2.24) is 4.90 Å². The number of hydrogen-bond acceptors (Lipinski definition) is 2. The van der Waals surface area contributed by atoms with Crippen molar-refractivity contribution >= 4 is 0 Å². The molecule has 1 aliphatic rings. The van der Waals surface area contributed by atoms with Crippen molar-refractivity contribution < 1.29 is 4.74 Å². The van der Waals surface area contributed by atoms with Crippen LogP contribution >= 0.6 is 0 Å². The molecule has 0 amide bonds. The Morgan fingerprint density at radius 1 is 1.12 bits per heavy atom. The molecule has 1 fully saturated rings. The topological polar surface area (TPSA) is 12.5 Å². The molecular weight excluding hydrogens is 198 g/mol. The summed E-state index contributed by atoms with van der Waals surface area (Å²) in [6.07, 6.45) is 2.65. The molecule has 2 rings (SSSR count). The van der Waals surface area contributed by atoms with Gasteiger partial charge in [-0.3, -0.25) is 4.90 Å². The zero-order valence-electron chi connectivity index (χ0n) is 10.2. The van der Waals surface area contributed by atoms with Crippen molar-refractivity contribution in [2.45, 2.75) is 38.8 Å². The van der Waals surface area contributed by atoms with Gasteiger partial charge in [0.05, 0.1) is 0 Å². The lowest BCUT2D eigenvalue weighted by Crippen LogP contribution is -2.36. The van der Waals surface area contributed by atoms with Crippen molar-refractivity contribution in [1.29, 1.82) is 0 Å². The van der Waals surface area contributed by atoms with E-state index in [4.69, 9.17) is 4.74 Å². The third kappa shape index (κ3) is 2.76. The largest absolute Gasteiger partial charge is 0.492 e. The second-order valence-corrected chi connectivity index (χ2v) is 4.67. The standard InChI is InChI=1S/C14H21NO/c1-12-8-9-13(2)15(12)10-11-16-14-6-4-3-5-7-14/h3-7,12-13H,8-11H2,1-2H3/t12-,13-/m0/s1. The summed E-state index contributed by atoms with van der Waals surface area (Å²) >= 11 is 0. The van der Waals surface area contributed by atoms with Crippen LogP contribution in [0.4, 0.5) is 0 Å². The lowest BCUT2D eigenvalue weighted by molar-refractivity contribution is 0.170. The van der Waals surface area contributed by atoms with E-state index in [1.165, 1.54) is 12.8 Å². The van der Waals surface area contributed by atoms with Crippen LogP contribution in [0.1, 0.15) is 26.7 Å².